The van der Waals surface area contributed by atoms with E-state index in [-0.39, 0.29) is 5.92 Å². The van der Waals surface area contributed by atoms with E-state index in [4.69, 9.17) is 14.2 Å². The van der Waals surface area contributed by atoms with Crippen LogP contribution in [-0.2, 0) is 14.3 Å². The van der Waals surface area contributed by atoms with Crippen LogP contribution in [0.1, 0.15) is 41.0 Å². The summed E-state index contributed by atoms with van der Waals surface area (Å²) in [5.74, 6) is -1.20. The van der Waals surface area contributed by atoms with Gasteiger partial charge in [0.1, 0.15) is 10.9 Å². The average molecular weight is 399 g/mol. The lowest BCUT2D eigenvalue weighted by Gasteiger charge is -2.28. The largest absolute Gasteiger partial charge is 0.493 e. The summed E-state index contributed by atoms with van der Waals surface area (Å²) in [6, 6.07) is 5.23. The molecule has 0 unspecified atom stereocenters. The fourth-order valence-electron chi connectivity index (χ4n) is 2.55. The summed E-state index contributed by atoms with van der Waals surface area (Å²) >= 11 is 1.17. The molecule has 1 rings (SSSR count). The molecule has 2 atom stereocenters. The first-order valence-corrected chi connectivity index (χ1v) is 9.70. The van der Waals surface area contributed by atoms with Crippen LogP contribution in [0.2, 0.25) is 0 Å². The minimum absolute atomic E-state index is 0.127. The van der Waals surface area contributed by atoms with Crippen molar-refractivity contribution in [2.75, 3.05) is 14.2 Å². The molecule has 0 saturated heterocycles. The number of esters is 1. The van der Waals surface area contributed by atoms with Gasteiger partial charge in [-0.2, -0.15) is 0 Å². The second-order valence-corrected chi connectivity index (χ2v) is 8.88. The molecule has 0 aliphatic rings. The van der Waals surface area contributed by atoms with Crippen molar-refractivity contribution in [2.45, 2.75) is 56.8 Å². The minimum atomic E-state index is -1.01. The zero-order chi connectivity index (χ0) is 20.8. The molecule has 1 N–H and O–H groups in total. The topological polar surface area (TPSA) is 82.1 Å². The third kappa shape index (κ3) is 7.33. The van der Waals surface area contributed by atoms with Gasteiger partial charge in [-0.05, 0) is 51.3 Å². The molecule has 152 valence electrons. The van der Waals surface area contributed by atoms with E-state index in [1.54, 1.807) is 39.0 Å². The van der Waals surface area contributed by atoms with Crippen LogP contribution in [0.4, 0.5) is 0 Å². The van der Waals surface area contributed by atoms with Crippen molar-refractivity contribution in [3.8, 4) is 11.5 Å². The molecule has 0 aliphatic carbocycles. The van der Waals surface area contributed by atoms with Crippen molar-refractivity contribution in [2.24, 2.45) is 11.8 Å². The van der Waals surface area contributed by atoms with Crippen molar-refractivity contribution in [1.82, 2.24) is 0 Å². The van der Waals surface area contributed by atoms with Crippen LogP contribution >= 0.6 is 11.8 Å². The van der Waals surface area contributed by atoms with Crippen LogP contribution in [0.5, 0.6) is 11.5 Å². The Kier molecular flexibility index (Phi) is 8.47. The molecule has 27 heavy (non-hydrogen) atoms. The van der Waals surface area contributed by atoms with Crippen molar-refractivity contribution < 1.29 is 28.9 Å². The maximum Gasteiger partial charge on any atom is 0.320 e. The third-order valence-corrected chi connectivity index (χ3v) is 4.97. The molecule has 7 heteroatoms. The minimum Gasteiger partial charge on any atom is -0.493 e. The molecule has 0 bridgehead atoms. The number of aliphatic carboxylic acids is 1. The molecule has 0 amide bonds. The molecule has 1 aromatic carbocycles. The second kappa shape index (κ2) is 9.88. The number of hydrogen-bond acceptors (Lipinski definition) is 6. The van der Waals surface area contributed by atoms with E-state index in [2.05, 4.69) is 0 Å². The summed E-state index contributed by atoms with van der Waals surface area (Å²) < 4.78 is 16.0. The van der Waals surface area contributed by atoms with Crippen molar-refractivity contribution in [3.05, 3.63) is 18.2 Å². The van der Waals surface area contributed by atoms with Gasteiger partial charge in [-0.1, -0.05) is 13.8 Å². The van der Waals surface area contributed by atoms with Gasteiger partial charge in [-0.15, -0.1) is 11.8 Å². The Morgan fingerprint density at radius 3 is 2.15 bits per heavy atom. The number of carbonyl (C=O) groups excluding carboxylic acids is 1. The number of ether oxygens (including phenoxy) is 3. The van der Waals surface area contributed by atoms with Gasteiger partial charge in [0.25, 0.3) is 0 Å². The van der Waals surface area contributed by atoms with E-state index in [0.717, 1.165) is 0 Å². The van der Waals surface area contributed by atoms with Gasteiger partial charge in [0.05, 0.1) is 20.1 Å². The molecule has 0 radical (unpaired) electrons. The van der Waals surface area contributed by atoms with Gasteiger partial charge in [-0.3, -0.25) is 9.59 Å². The molecule has 0 saturated carbocycles. The monoisotopic (exact) mass is 398 g/mol. The predicted molar refractivity (Wildman–Crippen MR) is 106 cm³/mol. The van der Waals surface area contributed by atoms with Crippen LogP contribution in [0.15, 0.2) is 23.1 Å². The number of carboxylic acid groups (broad SMARTS) is 1. The summed E-state index contributed by atoms with van der Waals surface area (Å²) in [4.78, 5) is 25.4. The first kappa shape index (κ1) is 23.1. The van der Waals surface area contributed by atoms with Gasteiger partial charge in [0.2, 0.25) is 0 Å². The van der Waals surface area contributed by atoms with Gasteiger partial charge in [0.15, 0.2) is 11.5 Å². The van der Waals surface area contributed by atoms with Crippen molar-refractivity contribution in [1.29, 1.82) is 0 Å². The van der Waals surface area contributed by atoms with Crippen LogP contribution in [0.25, 0.3) is 0 Å². The Hall–Kier alpha value is -1.89. The van der Waals surface area contributed by atoms with Crippen LogP contribution in [-0.4, -0.2) is 42.1 Å². The second-order valence-electron chi connectivity index (χ2n) is 7.66. The molecule has 0 spiro atoms. The van der Waals surface area contributed by atoms with Crippen LogP contribution in [0, 0.1) is 11.8 Å². The molecular formula is C20H30O6S. The van der Waals surface area contributed by atoms with E-state index in [1.165, 1.54) is 26.0 Å². The molecule has 0 aliphatic heterocycles. The lowest BCUT2D eigenvalue weighted by molar-refractivity contribution is -0.159. The highest BCUT2D eigenvalue weighted by molar-refractivity contribution is 8.00. The Morgan fingerprint density at radius 2 is 1.70 bits per heavy atom. The standard InChI is InChI=1S/C20H30O6S/c1-12(2)10-14(18(21)22)17(19(23)26-20(3,4)5)27-13-8-9-15(24-6)16(11-13)25-7/h8-9,11-12,14,17H,10H2,1-7H3,(H,21,22)/t14-,17+/m1/s1. The number of carboxylic acids is 1. The lowest BCUT2D eigenvalue weighted by atomic mass is 9.94. The number of carbonyl (C=O) groups is 2. The lowest BCUT2D eigenvalue weighted by Crippen LogP contribution is -2.38. The van der Waals surface area contributed by atoms with E-state index in [1.807, 2.05) is 13.8 Å². The number of thioether (sulfide) groups is 1. The van der Waals surface area contributed by atoms with E-state index >= 15 is 0 Å². The van der Waals surface area contributed by atoms with Gasteiger partial charge in [-0.25, -0.2) is 0 Å². The maximum absolute atomic E-state index is 12.8. The van der Waals surface area contributed by atoms with Gasteiger partial charge in [0, 0.05) is 4.90 Å². The Labute approximate surface area is 165 Å². The van der Waals surface area contributed by atoms with Crippen LogP contribution in [0.3, 0.4) is 0 Å². The van der Waals surface area contributed by atoms with Gasteiger partial charge < -0.3 is 19.3 Å². The summed E-state index contributed by atoms with van der Waals surface area (Å²) in [6.07, 6.45) is 0.375. The van der Waals surface area contributed by atoms with Crippen molar-refractivity contribution >= 4 is 23.7 Å². The van der Waals surface area contributed by atoms with Gasteiger partial charge >= 0.3 is 11.9 Å². The first-order valence-electron chi connectivity index (χ1n) is 8.82. The summed E-state index contributed by atoms with van der Waals surface area (Å²) in [5, 5.41) is 8.86. The highest BCUT2D eigenvalue weighted by Crippen LogP contribution is 2.37. The quantitative estimate of drug-likeness (QED) is 0.492. The number of hydrogen-bond donors (Lipinski definition) is 1. The van der Waals surface area contributed by atoms with Crippen molar-refractivity contribution in [3.63, 3.8) is 0 Å². The zero-order valence-corrected chi connectivity index (χ0v) is 17.9. The SMILES string of the molecule is COc1ccc(S[C@H](C(=O)OC(C)(C)C)[C@@H](CC(C)C)C(=O)O)cc1OC. The molecule has 0 fully saturated rings. The highest BCUT2D eigenvalue weighted by atomic mass is 32.2. The maximum atomic E-state index is 12.8. The molecule has 6 nitrogen and oxygen atoms in total. The molecule has 0 aromatic heterocycles. The highest BCUT2D eigenvalue weighted by Gasteiger charge is 2.38. The van der Waals surface area contributed by atoms with E-state index in [9.17, 15) is 14.7 Å². The summed E-state index contributed by atoms with van der Waals surface area (Å²) in [6.45, 7) is 9.16. The normalized spacial score (nSPS) is 13.8. The van der Waals surface area contributed by atoms with E-state index in [0.29, 0.717) is 22.8 Å². The molecule has 1 aromatic rings. The van der Waals surface area contributed by atoms with E-state index < -0.39 is 28.7 Å². The number of rotatable bonds is 9. The molecule has 0 heterocycles. The first-order chi connectivity index (χ1) is 12.5. The summed E-state index contributed by atoms with van der Waals surface area (Å²) in [5.41, 5.74) is -0.700. The number of benzene rings is 1. The Balaban J connectivity index is 3.24. The predicted octanol–water partition coefficient (Wildman–Crippen LogP) is 4.25. The zero-order valence-electron chi connectivity index (χ0n) is 17.1. The summed E-state index contributed by atoms with van der Waals surface area (Å²) in [7, 11) is 3.06. The average Bonchev–Trinajstić information content (AvgIpc) is 2.55. The van der Waals surface area contributed by atoms with Crippen LogP contribution < -0.4 is 9.47 Å². The molecular weight excluding hydrogens is 368 g/mol. The fraction of sp³-hybridized carbons (Fsp3) is 0.600. The third-order valence-electron chi connectivity index (χ3n) is 3.67. The fourth-order valence-corrected chi connectivity index (χ4v) is 3.70. The Bertz CT molecular complexity index is 650. The Morgan fingerprint density at radius 1 is 1.11 bits per heavy atom. The number of methoxy groups -OCH3 is 2. The smallest absolute Gasteiger partial charge is 0.320 e.